The highest BCUT2D eigenvalue weighted by Crippen LogP contribution is 2.19. The molecule has 6 nitrogen and oxygen atoms in total. The molecule has 0 aliphatic rings. The minimum absolute atomic E-state index is 0.230. The molecule has 0 aliphatic carbocycles. The van der Waals surface area contributed by atoms with E-state index in [9.17, 15) is 4.79 Å². The van der Waals surface area contributed by atoms with Crippen molar-refractivity contribution >= 4 is 11.6 Å². The van der Waals surface area contributed by atoms with Crippen LogP contribution in [0.2, 0.25) is 0 Å². The molecule has 0 bridgehead atoms. The van der Waals surface area contributed by atoms with Crippen molar-refractivity contribution in [1.29, 1.82) is 0 Å². The van der Waals surface area contributed by atoms with Crippen LogP contribution < -0.4 is 15.6 Å². The van der Waals surface area contributed by atoms with Crippen LogP contribution in [0.15, 0.2) is 29.1 Å². The summed E-state index contributed by atoms with van der Waals surface area (Å²) < 4.78 is 5.63. The van der Waals surface area contributed by atoms with Gasteiger partial charge in [0.25, 0.3) is 5.56 Å². The van der Waals surface area contributed by atoms with Crippen LogP contribution in [0.5, 0.6) is 5.75 Å². The van der Waals surface area contributed by atoms with Crippen LogP contribution in [0.3, 0.4) is 0 Å². The molecule has 2 rings (SSSR count). The molecule has 0 radical (unpaired) electrons. The lowest BCUT2D eigenvalue weighted by molar-refractivity contribution is 0.271. The van der Waals surface area contributed by atoms with Crippen molar-refractivity contribution in [1.82, 2.24) is 15.2 Å². The molecule has 124 valence electrons. The fourth-order valence-electron chi connectivity index (χ4n) is 1.92. The molecule has 0 spiro atoms. The molecule has 0 saturated heterocycles. The van der Waals surface area contributed by atoms with Crippen molar-refractivity contribution in [2.45, 2.75) is 40.0 Å². The van der Waals surface area contributed by atoms with Gasteiger partial charge in [-0.2, -0.15) is 0 Å². The highest BCUT2D eigenvalue weighted by molar-refractivity contribution is 5.54. The molecule has 0 unspecified atom stereocenters. The standard InChI is InChI=1S/C17H24N4O2/c1-11(2)10-23-13-8-6-12(7-9-13)18-16-19-15(22)14(20-21-16)17(3,4)5/h6-9,11H,10H2,1-5H3,(H2,18,19,21,22). The molecule has 0 atom stereocenters. The highest BCUT2D eigenvalue weighted by Gasteiger charge is 2.20. The second kappa shape index (κ2) is 6.81. The molecular weight excluding hydrogens is 292 g/mol. The molecule has 23 heavy (non-hydrogen) atoms. The number of nitrogens with one attached hydrogen (secondary N) is 2. The van der Waals surface area contributed by atoms with E-state index in [0.717, 1.165) is 11.4 Å². The Balaban J connectivity index is 2.08. The summed E-state index contributed by atoms with van der Waals surface area (Å²) in [6.45, 7) is 10.7. The first-order chi connectivity index (χ1) is 10.8. The van der Waals surface area contributed by atoms with Crippen molar-refractivity contribution in [3.8, 4) is 5.75 Å². The fourth-order valence-corrected chi connectivity index (χ4v) is 1.92. The van der Waals surface area contributed by atoms with Gasteiger partial charge in [-0.3, -0.25) is 9.78 Å². The lowest BCUT2D eigenvalue weighted by atomic mass is 9.93. The van der Waals surface area contributed by atoms with E-state index in [1.165, 1.54) is 0 Å². The van der Waals surface area contributed by atoms with E-state index in [2.05, 4.69) is 34.3 Å². The maximum Gasteiger partial charge on any atom is 0.274 e. The average Bonchev–Trinajstić information content (AvgIpc) is 2.45. The summed E-state index contributed by atoms with van der Waals surface area (Å²) in [7, 11) is 0. The third-order valence-electron chi connectivity index (χ3n) is 3.11. The SMILES string of the molecule is CC(C)COc1ccc(Nc2nnc(C(C)(C)C)c(=O)[nH]2)cc1. The van der Waals surface area contributed by atoms with Crippen molar-refractivity contribution in [2.24, 2.45) is 5.92 Å². The smallest absolute Gasteiger partial charge is 0.274 e. The number of aromatic nitrogens is 3. The van der Waals surface area contributed by atoms with Gasteiger partial charge in [0.15, 0.2) is 0 Å². The number of aromatic amines is 1. The summed E-state index contributed by atoms with van der Waals surface area (Å²) >= 11 is 0. The molecular formula is C17H24N4O2. The summed E-state index contributed by atoms with van der Waals surface area (Å²) in [5.74, 6) is 1.61. The van der Waals surface area contributed by atoms with E-state index in [1.54, 1.807) is 0 Å². The van der Waals surface area contributed by atoms with Crippen molar-refractivity contribution < 1.29 is 4.74 Å². The van der Waals surface area contributed by atoms with E-state index in [0.29, 0.717) is 24.2 Å². The maximum absolute atomic E-state index is 12.1. The van der Waals surface area contributed by atoms with Gasteiger partial charge in [-0.05, 0) is 30.2 Å². The zero-order chi connectivity index (χ0) is 17.0. The number of hydrogen-bond acceptors (Lipinski definition) is 5. The lowest BCUT2D eigenvalue weighted by Gasteiger charge is -2.15. The first-order valence-corrected chi connectivity index (χ1v) is 7.73. The quantitative estimate of drug-likeness (QED) is 0.885. The van der Waals surface area contributed by atoms with E-state index in [1.807, 2.05) is 45.0 Å². The Morgan fingerprint density at radius 2 is 1.83 bits per heavy atom. The Morgan fingerprint density at radius 1 is 1.17 bits per heavy atom. The summed E-state index contributed by atoms with van der Waals surface area (Å²) in [5, 5.41) is 11.1. The molecule has 2 N–H and O–H groups in total. The predicted octanol–water partition coefficient (Wildman–Crippen LogP) is 3.24. The van der Waals surface area contributed by atoms with Crippen LogP contribution in [0.25, 0.3) is 0 Å². The van der Waals surface area contributed by atoms with Gasteiger partial charge < -0.3 is 10.1 Å². The molecule has 1 aromatic heterocycles. The summed E-state index contributed by atoms with van der Waals surface area (Å²) in [6.07, 6.45) is 0. The Labute approximate surface area is 136 Å². The Kier molecular flexibility index (Phi) is 5.03. The van der Waals surface area contributed by atoms with Crippen LogP contribution in [0.4, 0.5) is 11.6 Å². The van der Waals surface area contributed by atoms with Gasteiger partial charge in [-0.1, -0.05) is 34.6 Å². The van der Waals surface area contributed by atoms with Gasteiger partial charge in [0.05, 0.1) is 6.61 Å². The van der Waals surface area contributed by atoms with Crippen molar-refractivity contribution in [2.75, 3.05) is 11.9 Å². The molecule has 0 fully saturated rings. The van der Waals surface area contributed by atoms with E-state index >= 15 is 0 Å². The summed E-state index contributed by atoms with van der Waals surface area (Å²) in [4.78, 5) is 14.8. The van der Waals surface area contributed by atoms with Gasteiger partial charge in [0, 0.05) is 11.1 Å². The molecule has 0 amide bonds. The average molecular weight is 316 g/mol. The number of rotatable bonds is 5. The Hall–Kier alpha value is -2.37. The third-order valence-corrected chi connectivity index (χ3v) is 3.11. The monoisotopic (exact) mass is 316 g/mol. The first kappa shape index (κ1) is 17.0. The number of anilines is 2. The van der Waals surface area contributed by atoms with Crippen molar-refractivity contribution in [3.05, 3.63) is 40.3 Å². The van der Waals surface area contributed by atoms with Crippen LogP contribution in [-0.2, 0) is 5.41 Å². The molecule has 1 aromatic carbocycles. The minimum atomic E-state index is -0.339. The number of H-pyrrole nitrogens is 1. The van der Waals surface area contributed by atoms with Crippen LogP contribution in [-0.4, -0.2) is 21.8 Å². The maximum atomic E-state index is 12.1. The number of ether oxygens (including phenoxy) is 1. The summed E-state index contributed by atoms with van der Waals surface area (Å²) in [6, 6.07) is 7.49. The van der Waals surface area contributed by atoms with Gasteiger partial charge in [0.2, 0.25) is 5.95 Å². The second-order valence-corrected chi connectivity index (χ2v) is 6.96. The zero-order valence-electron chi connectivity index (χ0n) is 14.3. The lowest BCUT2D eigenvalue weighted by Crippen LogP contribution is -2.28. The second-order valence-electron chi connectivity index (χ2n) is 6.96. The highest BCUT2D eigenvalue weighted by atomic mass is 16.5. The molecule has 0 saturated carbocycles. The number of benzene rings is 1. The minimum Gasteiger partial charge on any atom is -0.493 e. The Bertz CT molecular complexity index is 700. The van der Waals surface area contributed by atoms with Crippen LogP contribution >= 0.6 is 0 Å². The third kappa shape index (κ3) is 4.81. The Morgan fingerprint density at radius 3 is 2.35 bits per heavy atom. The molecule has 2 aromatic rings. The number of nitrogens with zero attached hydrogens (tertiary/aromatic N) is 2. The van der Waals surface area contributed by atoms with Gasteiger partial charge in [0.1, 0.15) is 11.4 Å². The fraction of sp³-hybridized carbons (Fsp3) is 0.471. The van der Waals surface area contributed by atoms with Gasteiger partial charge in [-0.15, -0.1) is 10.2 Å². The molecule has 0 aliphatic heterocycles. The van der Waals surface area contributed by atoms with E-state index in [-0.39, 0.29) is 11.0 Å². The van der Waals surface area contributed by atoms with E-state index < -0.39 is 0 Å². The van der Waals surface area contributed by atoms with Gasteiger partial charge >= 0.3 is 0 Å². The largest absolute Gasteiger partial charge is 0.493 e. The zero-order valence-corrected chi connectivity index (χ0v) is 14.3. The van der Waals surface area contributed by atoms with E-state index in [4.69, 9.17) is 4.74 Å². The summed E-state index contributed by atoms with van der Waals surface area (Å²) in [5.41, 5.74) is 0.650. The normalized spacial score (nSPS) is 11.6. The number of hydrogen-bond donors (Lipinski definition) is 2. The van der Waals surface area contributed by atoms with Crippen LogP contribution in [0, 0.1) is 5.92 Å². The predicted molar refractivity (Wildman–Crippen MR) is 91.4 cm³/mol. The first-order valence-electron chi connectivity index (χ1n) is 7.73. The molecule has 6 heteroatoms. The van der Waals surface area contributed by atoms with Crippen LogP contribution in [0.1, 0.15) is 40.3 Å². The van der Waals surface area contributed by atoms with Crippen molar-refractivity contribution in [3.63, 3.8) is 0 Å². The molecule has 1 heterocycles. The topological polar surface area (TPSA) is 79.9 Å². The van der Waals surface area contributed by atoms with Gasteiger partial charge in [-0.25, -0.2) is 0 Å².